The van der Waals surface area contributed by atoms with Gasteiger partial charge in [-0.15, -0.1) is 0 Å². The van der Waals surface area contributed by atoms with Crippen LogP contribution in [0, 0.1) is 10.1 Å². The molecular weight excluding hydrogens is 537 g/mol. The quantitative estimate of drug-likeness (QED) is 0.126. The maximum absolute atomic E-state index is 13.8. The second-order valence-electron chi connectivity index (χ2n) is 8.91. The zero-order valence-electron chi connectivity index (χ0n) is 21.0. The van der Waals surface area contributed by atoms with Gasteiger partial charge in [0, 0.05) is 51.8 Å². The summed E-state index contributed by atoms with van der Waals surface area (Å²) >= 11 is 0. The van der Waals surface area contributed by atoms with Gasteiger partial charge in [0.2, 0.25) is 0 Å². The molecular formula is C30H19F3N4O4. The van der Waals surface area contributed by atoms with Crippen molar-refractivity contribution in [3.63, 3.8) is 0 Å². The van der Waals surface area contributed by atoms with Gasteiger partial charge in [-0.2, -0.15) is 13.2 Å². The molecule has 1 aromatic heterocycles. The third-order valence-corrected chi connectivity index (χ3v) is 6.23. The fourth-order valence-corrected chi connectivity index (χ4v) is 4.39. The minimum absolute atomic E-state index is 0.0931. The summed E-state index contributed by atoms with van der Waals surface area (Å²) in [7, 11) is 0. The van der Waals surface area contributed by atoms with Crippen LogP contribution in [0.25, 0.3) is 22.0 Å². The highest BCUT2D eigenvalue weighted by Gasteiger charge is 2.34. The number of fused-ring (bicyclic) bond motifs is 1. The lowest BCUT2D eigenvalue weighted by Crippen LogP contribution is -2.19. The molecule has 0 aliphatic heterocycles. The van der Waals surface area contributed by atoms with E-state index in [0.29, 0.717) is 16.8 Å². The van der Waals surface area contributed by atoms with Crippen molar-refractivity contribution in [1.82, 2.24) is 4.98 Å². The summed E-state index contributed by atoms with van der Waals surface area (Å²) in [5.41, 5.74) is 0.243. The van der Waals surface area contributed by atoms with Crippen LogP contribution in [0.15, 0.2) is 103 Å². The smallest absolute Gasteiger partial charge is 0.308 e. The topological polar surface area (TPSA) is 114 Å². The summed E-state index contributed by atoms with van der Waals surface area (Å²) < 4.78 is 41.5. The highest BCUT2D eigenvalue weighted by Crippen LogP contribution is 2.39. The molecule has 5 aromatic rings. The Bertz CT molecular complexity index is 1790. The van der Waals surface area contributed by atoms with Gasteiger partial charge >= 0.3 is 12.2 Å². The Balaban J connectivity index is 1.56. The number of benzene rings is 4. The summed E-state index contributed by atoms with van der Waals surface area (Å²) in [6, 6.07) is 22.8. The van der Waals surface area contributed by atoms with Crippen molar-refractivity contribution in [2.24, 2.45) is 0 Å². The summed E-state index contributed by atoms with van der Waals surface area (Å²) in [5.74, 6) is -0.429. The van der Waals surface area contributed by atoms with Crippen molar-refractivity contribution < 1.29 is 27.7 Å². The van der Waals surface area contributed by atoms with Crippen LogP contribution in [-0.4, -0.2) is 21.7 Å². The number of urea groups is 1. The number of aromatic nitrogens is 1. The predicted octanol–water partition coefficient (Wildman–Crippen LogP) is 7.70. The van der Waals surface area contributed by atoms with E-state index in [-0.39, 0.29) is 33.4 Å². The number of ketones is 1. The third kappa shape index (κ3) is 5.74. The van der Waals surface area contributed by atoms with Gasteiger partial charge in [-0.1, -0.05) is 54.6 Å². The first-order chi connectivity index (χ1) is 19.6. The molecule has 5 rings (SSSR count). The number of hydrogen-bond donors (Lipinski definition) is 2. The largest absolute Gasteiger partial charge is 0.418 e. The van der Waals surface area contributed by atoms with Crippen LogP contribution in [-0.2, 0) is 6.18 Å². The minimum Gasteiger partial charge on any atom is -0.308 e. The molecule has 204 valence electrons. The van der Waals surface area contributed by atoms with E-state index in [0.717, 1.165) is 12.3 Å². The van der Waals surface area contributed by atoms with E-state index in [1.54, 1.807) is 48.5 Å². The van der Waals surface area contributed by atoms with E-state index >= 15 is 0 Å². The molecule has 1 heterocycles. The zero-order chi connectivity index (χ0) is 29.1. The van der Waals surface area contributed by atoms with Crippen molar-refractivity contribution >= 4 is 39.8 Å². The molecule has 0 atom stereocenters. The van der Waals surface area contributed by atoms with Crippen LogP contribution in [0.1, 0.15) is 21.5 Å². The SMILES string of the molecule is O=C(Nc1ccc([N+](=O)[O-])cc1)Nc1cccc(-c2c(C(=O)c3ccccc3)cnc3c(C(F)(F)F)cccc23)c1. The Labute approximate surface area is 230 Å². The number of halogens is 3. The normalized spacial score (nSPS) is 11.2. The Morgan fingerprint density at radius 1 is 0.805 bits per heavy atom. The highest BCUT2D eigenvalue weighted by atomic mass is 19.4. The molecule has 0 radical (unpaired) electrons. The van der Waals surface area contributed by atoms with Crippen LogP contribution in [0.2, 0.25) is 0 Å². The molecule has 11 heteroatoms. The van der Waals surface area contributed by atoms with E-state index in [4.69, 9.17) is 0 Å². The number of carbonyl (C=O) groups is 2. The fourth-order valence-electron chi connectivity index (χ4n) is 4.39. The molecule has 0 fully saturated rings. The minimum atomic E-state index is -4.67. The Kier molecular flexibility index (Phi) is 7.17. The van der Waals surface area contributed by atoms with Gasteiger partial charge in [0.15, 0.2) is 5.78 Å². The lowest BCUT2D eigenvalue weighted by molar-refractivity contribution is -0.384. The molecule has 2 N–H and O–H groups in total. The van der Waals surface area contributed by atoms with Crippen molar-refractivity contribution in [3.8, 4) is 11.1 Å². The molecule has 0 bridgehead atoms. The van der Waals surface area contributed by atoms with Crippen molar-refractivity contribution in [2.45, 2.75) is 6.18 Å². The maximum Gasteiger partial charge on any atom is 0.418 e. The number of alkyl halides is 3. The number of amides is 2. The van der Waals surface area contributed by atoms with E-state index in [1.165, 1.54) is 42.5 Å². The molecule has 4 aromatic carbocycles. The number of nitrogens with one attached hydrogen (secondary N) is 2. The number of rotatable bonds is 6. The second-order valence-corrected chi connectivity index (χ2v) is 8.91. The van der Waals surface area contributed by atoms with E-state index < -0.39 is 28.5 Å². The number of non-ortho nitro benzene ring substituents is 1. The van der Waals surface area contributed by atoms with Gasteiger partial charge in [0.05, 0.1) is 16.0 Å². The predicted molar refractivity (Wildman–Crippen MR) is 148 cm³/mol. The molecule has 0 saturated carbocycles. The molecule has 0 unspecified atom stereocenters. The van der Waals surface area contributed by atoms with Crippen LogP contribution < -0.4 is 10.6 Å². The van der Waals surface area contributed by atoms with Gasteiger partial charge in [-0.25, -0.2) is 4.79 Å². The maximum atomic E-state index is 13.8. The Hall–Kier alpha value is -5.58. The average molecular weight is 557 g/mol. The number of hydrogen-bond acceptors (Lipinski definition) is 5. The van der Waals surface area contributed by atoms with Crippen LogP contribution in [0.4, 0.5) is 35.0 Å². The number of nitro groups is 1. The van der Waals surface area contributed by atoms with Gasteiger partial charge in [0.1, 0.15) is 0 Å². The summed E-state index contributed by atoms with van der Waals surface area (Å²) in [4.78, 5) is 40.5. The van der Waals surface area contributed by atoms with Crippen molar-refractivity contribution in [1.29, 1.82) is 0 Å². The fraction of sp³-hybridized carbons (Fsp3) is 0.0333. The summed E-state index contributed by atoms with van der Waals surface area (Å²) in [5, 5.41) is 16.2. The first-order valence-electron chi connectivity index (χ1n) is 12.1. The molecule has 8 nitrogen and oxygen atoms in total. The van der Waals surface area contributed by atoms with Crippen LogP contribution in [0.5, 0.6) is 0 Å². The first kappa shape index (κ1) is 27.0. The molecule has 0 aliphatic carbocycles. The van der Waals surface area contributed by atoms with Gasteiger partial charge < -0.3 is 10.6 Å². The van der Waals surface area contributed by atoms with E-state index in [9.17, 15) is 32.9 Å². The molecule has 0 spiro atoms. The second kappa shape index (κ2) is 10.9. The molecule has 2 amide bonds. The number of carbonyl (C=O) groups excluding carboxylic acids is 2. The number of pyridine rings is 1. The lowest BCUT2D eigenvalue weighted by atomic mass is 9.91. The van der Waals surface area contributed by atoms with Gasteiger partial charge in [-0.05, 0) is 35.9 Å². The third-order valence-electron chi connectivity index (χ3n) is 6.23. The Morgan fingerprint density at radius 2 is 1.49 bits per heavy atom. The van der Waals surface area contributed by atoms with Gasteiger partial charge in [0.25, 0.3) is 5.69 Å². The van der Waals surface area contributed by atoms with Crippen molar-refractivity contribution in [3.05, 3.63) is 130 Å². The molecule has 0 aliphatic rings. The number of nitrogens with zero attached hydrogens (tertiary/aromatic N) is 2. The van der Waals surface area contributed by atoms with Gasteiger partial charge in [-0.3, -0.25) is 19.9 Å². The first-order valence-corrected chi connectivity index (χ1v) is 12.1. The monoisotopic (exact) mass is 556 g/mol. The van der Waals surface area contributed by atoms with E-state index in [1.807, 2.05) is 0 Å². The number of anilines is 2. The summed E-state index contributed by atoms with van der Waals surface area (Å²) in [6.45, 7) is 0. The molecule has 41 heavy (non-hydrogen) atoms. The van der Waals surface area contributed by atoms with E-state index in [2.05, 4.69) is 15.6 Å². The number of nitro benzene ring substituents is 1. The highest BCUT2D eigenvalue weighted by molar-refractivity contribution is 6.17. The van der Waals surface area contributed by atoms with Crippen LogP contribution in [0.3, 0.4) is 0 Å². The summed E-state index contributed by atoms with van der Waals surface area (Å²) in [6.07, 6.45) is -3.53. The lowest BCUT2D eigenvalue weighted by Gasteiger charge is -2.16. The average Bonchev–Trinajstić information content (AvgIpc) is 2.96. The Morgan fingerprint density at radius 3 is 2.17 bits per heavy atom. The van der Waals surface area contributed by atoms with Crippen molar-refractivity contribution in [2.75, 3.05) is 10.6 Å². The standard InChI is InChI=1S/C30H19F3N4O4/c31-30(32,33)25-11-5-10-23-26(24(17-34-27(23)25)28(38)18-6-2-1-3-7-18)19-8-4-9-21(16-19)36-29(39)35-20-12-14-22(15-13-20)37(40)41/h1-17H,(H2,35,36,39). The number of para-hydroxylation sites is 1. The zero-order valence-corrected chi connectivity index (χ0v) is 21.0. The molecule has 0 saturated heterocycles. The van der Waals surface area contributed by atoms with Crippen LogP contribution >= 0.6 is 0 Å².